The number of aromatic nitrogens is 2. The Labute approximate surface area is 182 Å². The number of nitrogens with two attached hydrogens (primary N) is 1. The predicted molar refractivity (Wildman–Crippen MR) is 116 cm³/mol. The topological polar surface area (TPSA) is 137 Å². The number of carbonyl (C=O) groups excluding carboxylic acids is 2. The van der Waals surface area contributed by atoms with Gasteiger partial charge in [0.15, 0.2) is 6.10 Å². The van der Waals surface area contributed by atoms with E-state index >= 15 is 0 Å². The van der Waals surface area contributed by atoms with Gasteiger partial charge in [-0.2, -0.15) is 0 Å². The Hall–Kier alpha value is -3.56. The summed E-state index contributed by atoms with van der Waals surface area (Å²) < 4.78 is 6.58. The van der Waals surface area contributed by atoms with Crippen LogP contribution in [-0.4, -0.2) is 39.6 Å². The molecule has 0 radical (unpaired) electrons. The van der Waals surface area contributed by atoms with Crippen LogP contribution in [-0.2, 0) is 33.9 Å². The number of cyclic esters (lactones) is 1. The maximum Gasteiger partial charge on any atom is 0.340 e. The summed E-state index contributed by atoms with van der Waals surface area (Å²) in [6, 6.07) is 9.45. The Kier molecular flexibility index (Phi) is 4.99. The van der Waals surface area contributed by atoms with Crippen molar-refractivity contribution >= 4 is 22.8 Å². The van der Waals surface area contributed by atoms with E-state index < -0.39 is 12.1 Å². The van der Waals surface area contributed by atoms with Gasteiger partial charge in [-0.3, -0.25) is 9.59 Å². The molecule has 4 heterocycles. The van der Waals surface area contributed by atoms with E-state index in [-0.39, 0.29) is 30.2 Å². The maximum absolute atomic E-state index is 13.2. The van der Waals surface area contributed by atoms with Crippen molar-refractivity contribution in [3.63, 3.8) is 0 Å². The van der Waals surface area contributed by atoms with Gasteiger partial charge in [0.25, 0.3) is 5.56 Å². The van der Waals surface area contributed by atoms with E-state index in [4.69, 9.17) is 15.5 Å². The SMILES string of the molecule is NCC(=O)NCCCc1c2c(nc3ccccc13)-c1cc3c(c(=O)n1C2)COC(=O)[C@H]3O. The molecule has 0 spiro atoms. The minimum Gasteiger partial charge on any atom is -0.458 e. The number of esters is 1. The van der Waals surface area contributed by atoms with Gasteiger partial charge in [0.2, 0.25) is 5.91 Å². The zero-order chi connectivity index (χ0) is 22.4. The molecule has 4 N–H and O–H groups in total. The van der Waals surface area contributed by atoms with Gasteiger partial charge in [0.05, 0.1) is 35.6 Å². The van der Waals surface area contributed by atoms with Gasteiger partial charge in [-0.1, -0.05) is 18.2 Å². The maximum atomic E-state index is 13.2. The fraction of sp³-hybridized carbons (Fsp3) is 0.304. The molecule has 1 aromatic carbocycles. The number of nitrogens with one attached hydrogen (secondary N) is 1. The van der Waals surface area contributed by atoms with Gasteiger partial charge in [0.1, 0.15) is 6.61 Å². The van der Waals surface area contributed by atoms with Crippen LogP contribution in [0.3, 0.4) is 0 Å². The molecule has 32 heavy (non-hydrogen) atoms. The highest BCUT2D eigenvalue weighted by atomic mass is 16.5. The first-order chi connectivity index (χ1) is 15.5. The number of aliphatic hydroxyl groups is 1. The third kappa shape index (κ3) is 3.17. The zero-order valence-electron chi connectivity index (χ0n) is 17.3. The number of pyridine rings is 2. The van der Waals surface area contributed by atoms with Gasteiger partial charge in [-0.25, -0.2) is 9.78 Å². The molecular weight excluding hydrogens is 412 g/mol. The van der Waals surface area contributed by atoms with Crippen LogP contribution in [0.5, 0.6) is 0 Å². The Morgan fingerprint density at radius 2 is 2.09 bits per heavy atom. The first kappa shape index (κ1) is 20.3. The average molecular weight is 434 g/mol. The molecule has 2 aliphatic rings. The fourth-order valence-corrected chi connectivity index (χ4v) is 4.51. The highest BCUT2D eigenvalue weighted by Gasteiger charge is 2.34. The summed E-state index contributed by atoms with van der Waals surface area (Å²) in [5.41, 5.74) is 9.71. The van der Waals surface area contributed by atoms with E-state index in [2.05, 4.69) is 5.32 Å². The van der Waals surface area contributed by atoms with Crippen molar-refractivity contribution in [1.29, 1.82) is 0 Å². The van der Waals surface area contributed by atoms with Crippen LogP contribution in [0.2, 0.25) is 0 Å². The molecule has 0 unspecified atom stereocenters. The molecule has 0 fully saturated rings. The van der Waals surface area contributed by atoms with Crippen molar-refractivity contribution in [2.75, 3.05) is 13.1 Å². The molecule has 2 aromatic heterocycles. The Balaban J connectivity index is 1.61. The van der Waals surface area contributed by atoms with Gasteiger partial charge in [-0.15, -0.1) is 0 Å². The second-order valence-electron chi connectivity index (χ2n) is 7.96. The molecule has 0 aliphatic carbocycles. The normalized spacial score (nSPS) is 16.3. The van der Waals surface area contributed by atoms with Crippen LogP contribution in [0.4, 0.5) is 0 Å². The minimum absolute atomic E-state index is 0.0471. The highest BCUT2D eigenvalue weighted by molar-refractivity contribution is 5.88. The molecule has 2 aliphatic heterocycles. The van der Waals surface area contributed by atoms with E-state index in [0.717, 1.165) is 22.0 Å². The fourth-order valence-electron chi connectivity index (χ4n) is 4.51. The largest absolute Gasteiger partial charge is 0.458 e. The molecule has 1 amide bonds. The van der Waals surface area contributed by atoms with Crippen molar-refractivity contribution in [3.8, 4) is 11.4 Å². The third-order valence-electron chi connectivity index (χ3n) is 6.09. The van der Waals surface area contributed by atoms with Crippen LogP contribution < -0.4 is 16.6 Å². The second kappa shape index (κ2) is 7.85. The summed E-state index contributed by atoms with van der Waals surface area (Å²) in [5, 5.41) is 14.1. The predicted octanol–water partition coefficient (Wildman–Crippen LogP) is 0.523. The summed E-state index contributed by atoms with van der Waals surface area (Å²) in [7, 11) is 0. The lowest BCUT2D eigenvalue weighted by atomic mass is 9.96. The number of aliphatic hydroxyl groups excluding tert-OH is 1. The molecule has 1 atom stereocenters. The number of amides is 1. The van der Waals surface area contributed by atoms with Crippen molar-refractivity contribution in [2.24, 2.45) is 5.73 Å². The Morgan fingerprint density at radius 3 is 2.91 bits per heavy atom. The molecular formula is C23H22N4O5. The van der Waals surface area contributed by atoms with E-state index in [1.165, 1.54) is 0 Å². The summed E-state index contributed by atoms with van der Waals surface area (Å²) in [6.07, 6.45) is -0.0924. The van der Waals surface area contributed by atoms with Crippen LogP contribution in [0.1, 0.15) is 34.8 Å². The summed E-state index contributed by atoms with van der Waals surface area (Å²) >= 11 is 0. The van der Waals surface area contributed by atoms with Crippen molar-refractivity contribution < 1.29 is 19.4 Å². The smallest absolute Gasteiger partial charge is 0.340 e. The monoisotopic (exact) mass is 434 g/mol. The minimum atomic E-state index is -1.48. The van der Waals surface area contributed by atoms with Gasteiger partial charge in [0, 0.05) is 23.1 Å². The number of hydrogen-bond acceptors (Lipinski definition) is 7. The van der Waals surface area contributed by atoms with E-state index in [1.54, 1.807) is 10.6 Å². The van der Waals surface area contributed by atoms with Crippen LogP contribution >= 0.6 is 0 Å². The van der Waals surface area contributed by atoms with Crippen LogP contribution in [0.15, 0.2) is 35.1 Å². The Bertz CT molecular complexity index is 1330. The lowest BCUT2D eigenvalue weighted by Crippen LogP contribution is -2.32. The quantitative estimate of drug-likeness (QED) is 0.308. The van der Waals surface area contributed by atoms with Crippen molar-refractivity contribution in [1.82, 2.24) is 14.9 Å². The number of benzene rings is 1. The summed E-state index contributed by atoms with van der Waals surface area (Å²) in [6.45, 7) is 0.649. The first-order valence-corrected chi connectivity index (χ1v) is 10.5. The third-order valence-corrected chi connectivity index (χ3v) is 6.09. The van der Waals surface area contributed by atoms with Crippen LogP contribution in [0, 0.1) is 0 Å². The lowest BCUT2D eigenvalue weighted by Gasteiger charge is -2.21. The molecule has 9 heteroatoms. The van der Waals surface area contributed by atoms with Gasteiger partial charge >= 0.3 is 5.97 Å². The average Bonchev–Trinajstić information content (AvgIpc) is 3.17. The molecule has 3 aromatic rings. The number of ether oxygens (including phenoxy) is 1. The number of nitrogens with zero attached hydrogens (tertiary/aromatic N) is 2. The molecule has 0 saturated carbocycles. The number of hydrogen-bond donors (Lipinski definition) is 3. The number of rotatable bonds is 5. The van der Waals surface area contributed by atoms with Crippen molar-refractivity contribution in [2.45, 2.75) is 32.1 Å². The van der Waals surface area contributed by atoms with Gasteiger partial charge in [-0.05, 0) is 30.5 Å². The van der Waals surface area contributed by atoms with E-state index in [1.807, 2.05) is 24.3 Å². The molecule has 0 saturated heterocycles. The standard InChI is InChI=1S/C23H22N4O5/c24-9-19(28)25-7-3-5-12-13-4-1-2-6-17(13)26-20-15(12)10-27-18(20)8-14-16(22(27)30)11-32-23(31)21(14)29/h1-2,4,6,8,21,29H,3,5,7,9-11,24H2,(H,25,28)/t21-/m0/s1. The number of aryl methyl sites for hydroxylation is 1. The zero-order valence-corrected chi connectivity index (χ0v) is 17.3. The van der Waals surface area contributed by atoms with E-state index in [9.17, 15) is 19.5 Å². The summed E-state index contributed by atoms with van der Waals surface area (Å²) in [5.74, 6) is -0.957. The first-order valence-electron chi connectivity index (χ1n) is 10.5. The highest BCUT2D eigenvalue weighted by Crippen LogP contribution is 2.38. The molecule has 0 bridgehead atoms. The van der Waals surface area contributed by atoms with Gasteiger partial charge < -0.3 is 25.5 Å². The molecule has 9 nitrogen and oxygen atoms in total. The number of fused-ring (bicyclic) bond motifs is 5. The Morgan fingerprint density at radius 1 is 1.28 bits per heavy atom. The summed E-state index contributed by atoms with van der Waals surface area (Å²) in [4.78, 5) is 41.3. The molecule has 5 rings (SSSR count). The molecule has 164 valence electrons. The second-order valence-corrected chi connectivity index (χ2v) is 7.96. The number of para-hydroxylation sites is 1. The van der Waals surface area contributed by atoms with Crippen LogP contribution in [0.25, 0.3) is 22.3 Å². The lowest BCUT2D eigenvalue weighted by molar-refractivity contribution is -0.157. The van der Waals surface area contributed by atoms with E-state index in [0.29, 0.717) is 42.9 Å². The van der Waals surface area contributed by atoms with Crippen molar-refractivity contribution in [3.05, 3.63) is 62.9 Å². The number of carbonyl (C=O) groups is 2.